The smallest absolute Gasteiger partial charge is 0.269 e. The molecule has 0 bridgehead atoms. The third-order valence-corrected chi connectivity index (χ3v) is 3.08. The lowest BCUT2D eigenvalue weighted by atomic mass is 10.1. The van der Waals surface area contributed by atoms with Crippen LogP contribution in [0.1, 0.15) is 18.5 Å². The normalized spacial score (nSPS) is 11.7. The number of anilines is 1. The van der Waals surface area contributed by atoms with E-state index in [-0.39, 0.29) is 11.7 Å². The number of ether oxygens (including phenoxy) is 1. The summed E-state index contributed by atoms with van der Waals surface area (Å²) in [5.74, 6) is 0.804. The zero-order chi connectivity index (χ0) is 14.5. The molecule has 2 rings (SSSR count). The Morgan fingerprint density at radius 3 is 2.20 bits per heavy atom. The van der Waals surface area contributed by atoms with Crippen molar-refractivity contribution in [3.63, 3.8) is 0 Å². The maximum Gasteiger partial charge on any atom is 0.269 e. The number of hydrogen-bond acceptors (Lipinski definition) is 4. The second kappa shape index (κ2) is 6.06. The van der Waals surface area contributed by atoms with Crippen molar-refractivity contribution in [2.24, 2.45) is 0 Å². The summed E-state index contributed by atoms with van der Waals surface area (Å²) >= 11 is 0. The second-order valence-corrected chi connectivity index (χ2v) is 4.44. The third-order valence-electron chi connectivity index (χ3n) is 3.08. The average Bonchev–Trinajstić information content (AvgIpc) is 2.48. The van der Waals surface area contributed by atoms with E-state index in [0.29, 0.717) is 0 Å². The number of nitrogens with zero attached hydrogens (tertiary/aromatic N) is 1. The van der Waals surface area contributed by atoms with E-state index in [2.05, 4.69) is 5.32 Å². The van der Waals surface area contributed by atoms with Crippen LogP contribution in [0.3, 0.4) is 0 Å². The predicted octanol–water partition coefficient (Wildman–Crippen LogP) is 3.78. The summed E-state index contributed by atoms with van der Waals surface area (Å²) in [6.07, 6.45) is 0. The first kappa shape index (κ1) is 13.9. The topological polar surface area (TPSA) is 64.4 Å². The molecule has 0 spiro atoms. The predicted molar refractivity (Wildman–Crippen MR) is 78.1 cm³/mol. The largest absolute Gasteiger partial charge is 0.497 e. The molecule has 1 atom stereocenters. The van der Waals surface area contributed by atoms with Gasteiger partial charge in [0.25, 0.3) is 5.69 Å². The van der Waals surface area contributed by atoms with Gasteiger partial charge in [0.05, 0.1) is 12.0 Å². The molecule has 0 amide bonds. The van der Waals surface area contributed by atoms with Gasteiger partial charge in [-0.2, -0.15) is 0 Å². The minimum absolute atomic E-state index is 0.0594. The molecule has 0 aliphatic rings. The molecule has 20 heavy (non-hydrogen) atoms. The summed E-state index contributed by atoms with van der Waals surface area (Å²) in [6.45, 7) is 2.01. The molecular weight excluding hydrogens is 256 g/mol. The van der Waals surface area contributed by atoms with Crippen LogP contribution in [0, 0.1) is 10.1 Å². The van der Waals surface area contributed by atoms with Gasteiger partial charge in [0.15, 0.2) is 0 Å². The van der Waals surface area contributed by atoms with Crippen LogP contribution in [-0.2, 0) is 0 Å². The highest BCUT2D eigenvalue weighted by molar-refractivity contribution is 5.48. The molecule has 5 heteroatoms. The molecule has 0 radical (unpaired) electrons. The van der Waals surface area contributed by atoms with Crippen molar-refractivity contribution in [2.75, 3.05) is 12.4 Å². The number of nitro benzene ring substituents is 1. The fraction of sp³-hybridized carbons (Fsp3) is 0.200. The number of hydrogen-bond donors (Lipinski definition) is 1. The third kappa shape index (κ3) is 3.26. The number of non-ortho nitro benzene ring substituents is 1. The Morgan fingerprint density at radius 2 is 1.70 bits per heavy atom. The van der Waals surface area contributed by atoms with Gasteiger partial charge in [0.1, 0.15) is 5.75 Å². The van der Waals surface area contributed by atoms with Crippen molar-refractivity contribution in [3.8, 4) is 5.75 Å². The maximum atomic E-state index is 10.6. The maximum absolute atomic E-state index is 10.6. The Morgan fingerprint density at radius 1 is 1.10 bits per heavy atom. The van der Waals surface area contributed by atoms with Crippen LogP contribution < -0.4 is 10.1 Å². The molecule has 0 aliphatic carbocycles. The minimum Gasteiger partial charge on any atom is -0.497 e. The molecule has 0 aliphatic heterocycles. The summed E-state index contributed by atoms with van der Waals surface area (Å²) in [6, 6.07) is 14.2. The Balaban J connectivity index is 2.06. The summed E-state index contributed by atoms with van der Waals surface area (Å²) in [5, 5.41) is 13.9. The zero-order valence-electron chi connectivity index (χ0n) is 11.4. The Hall–Kier alpha value is -2.56. The van der Waals surface area contributed by atoms with Crippen molar-refractivity contribution in [1.29, 1.82) is 0 Å². The van der Waals surface area contributed by atoms with E-state index >= 15 is 0 Å². The van der Waals surface area contributed by atoms with Crippen molar-refractivity contribution in [3.05, 3.63) is 64.2 Å². The first-order valence-electron chi connectivity index (χ1n) is 6.25. The van der Waals surface area contributed by atoms with Crippen molar-refractivity contribution in [1.82, 2.24) is 0 Å². The highest BCUT2D eigenvalue weighted by atomic mass is 16.6. The molecule has 104 valence electrons. The average molecular weight is 272 g/mol. The first-order chi connectivity index (χ1) is 9.60. The van der Waals surface area contributed by atoms with Crippen LogP contribution in [0.25, 0.3) is 0 Å². The van der Waals surface area contributed by atoms with Crippen LogP contribution in [0.2, 0.25) is 0 Å². The molecule has 5 nitrogen and oxygen atoms in total. The molecule has 0 saturated heterocycles. The Kier molecular flexibility index (Phi) is 4.20. The van der Waals surface area contributed by atoms with Crippen molar-refractivity contribution in [2.45, 2.75) is 13.0 Å². The lowest BCUT2D eigenvalue weighted by Crippen LogP contribution is -2.06. The molecule has 2 aromatic rings. The van der Waals surface area contributed by atoms with Crippen LogP contribution in [0.5, 0.6) is 5.75 Å². The van der Waals surface area contributed by atoms with Gasteiger partial charge in [-0.25, -0.2) is 0 Å². The molecule has 2 aromatic carbocycles. The number of benzene rings is 2. The van der Waals surface area contributed by atoms with E-state index in [0.717, 1.165) is 17.0 Å². The standard InChI is InChI=1S/C15H16N2O3/c1-11(12-3-7-14(8-4-12)17(18)19)16-13-5-9-15(20-2)10-6-13/h3-11,16H,1-2H3/t11-/m0/s1. The van der Waals surface area contributed by atoms with E-state index in [1.54, 1.807) is 19.2 Å². The van der Waals surface area contributed by atoms with Gasteiger partial charge in [-0.15, -0.1) is 0 Å². The molecule has 0 unspecified atom stereocenters. The fourth-order valence-electron chi connectivity index (χ4n) is 1.91. The summed E-state index contributed by atoms with van der Waals surface area (Å²) in [7, 11) is 1.63. The first-order valence-corrected chi connectivity index (χ1v) is 6.25. The van der Waals surface area contributed by atoms with E-state index in [1.165, 1.54) is 12.1 Å². The Bertz CT molecular complexity index is 579. The van der Waals surface area contributed by atoms with E-state index < -0.39 is 4.92 Å². The molecular formula is C15H16N2O3. The quantitative estimate of drug-likeness (QED) is 0.664. The van der Waals surface area contributed by atoms with Crippen molar-refractivity contribution < 1.29 is 9.66 Å². The van der Waals surface area contributed by atoms with Gasteiger partial charge in [0, 0.05) is 23.9 Å². The van der Waals surface area contributed by atoms with Gasteiger partial charge in [-0.05, 0) is 36.8 Å². The number of nitro groups is 1. The summed E-state index contributed by atoms with van der Waals surface area (Å²) in [4.78, 5) is 10.2. The highest BCUT2D eigenvalue weighted by Crippen LogP contribution is 2.23. The SMILES string of the molecule is COc1ccc(N[C@@H](C)c2ccc([N+](=O)[O-])cc2)cc1. The van der Waals surface area contributed by atoms with Crippen LogP contribution in [-0.4, -0.2) is 12.0 Å². The number of rotatable bonds is 5. The highest BCUT2D eigenvalue weighted by Gasteiger charge is 2.09. The molecule has 0 heterocycles. The monoisotopic (exact) mass is 272 g/mol. The second-order valence-electron chi connectivity index (χ2n) is 4.44. The van der Waals surface area contributed by atoms with Gasteiger partial charge in [-0.1, -0.05) is 12.1 Å². The van der Waals surface area contributed by atoms with E-state index in [4.69, 9.17) is 4.74 Å². The van der Waals surface area contributed by atoms with Crippen LogP contribution in [0.4, 0.5) is 11.4 Å². The van der Waals surface area contributed by atoms with E-state index in [1.807, 2.05) is 31.2 Å². The summed E-state index contributed by atoms with van der Waals surface area (Å²) < 4.78 is 5.10. The molecule has 1 N–H and O–H groups in total. The van der Waals surface area contributed by atoms with Crippen LogP contribution in [0.15, 0.2) is 48.5 Å². The van der Waals surface area contributed by atoms with Crippen molar-refractivity contribution >= 4 is 11.4 Å². The minimum atomic E-state index is -0.397. The lowest BCUT2D eigenvalue weighted by molar-refractivity contribution is -0.384. The number of nitrogens with one attached hydrogen (secondary N) is 1. The molecule has 0 fully saturated rings. The van der Waals surface area contributed by atoms with Crippen LogP contribution >= 0.6 is 0 Å². The summed E-state index contributed by atoms with van der Waals surface area (Å²) in [5.41, 5.74) is 2.06. The Labute approximate surface area is 117 Å². The van der Waals surface area contributed by atoms with Gasteiger partial charge in [-0.3, -0.25) is 10.1 Å². The zero-order valence-corrected chi connectivity index (χ0v) is 11.4. The molecule has 0 aromatic heterocycles. The lowest BCUT2D eigenvalue weighted by Gasteiger charge is -2.15. The van der Waals surface area contributed by atoms with E-state index in [9.17, 15) is 10.1 Å². The fourth-order valence-corrected chi connectivity index (χ4v) is 1.91. The van der Waals surface area contributed by atoms with Gasteiger partial charge in [0.2, 0.25) is 0 Å². The molecule has 0 saturated carbocycles. The number of methoxy groups -OCH3 is 1. The van der Waals surface area contributed by atoms with Gasteiger partial charge >= 0.3 is 0 Å². The van der Waals surface area contributed by atoms with Gasteiger partial charge < -0.3 is 10.1 Å².